The first-order chi connectivity index (χ1) is 17.1. The van der Waals surface area contributed by atoms with Gasteiger partial charge in [0.2, 0.25) is 0 Å². The molecule has 0 bridgehead atoms. The van der Waals surface area contributed by atoms with Crippen molar-refractivity contribution in [2.24, 2.45) is 69.0 Å². The number of alkyl halides is 5. The molecular weight excluding hydrogens is 503 g/mol. The molecule has 0 spiro atoms. The van der Waals surface area contributed by atoms with Crippen molar-refractivity contribution in [1.29, 1.82) is 0 Å². The van der Waals surface area contributed by atoms with Gasteiger partial charge in [0.1, 0.15) is 0 Å². The largest absolute Gasteiger partial charge is 0.394 e. The Morgan fingerprint density at radius 3 is 1.13 bits per heavy atom. The van der Waals surface area contributed by atoms with E-state index in [0.717, 1.165) is 23.7 Å². The van der Waals surface area contributed by atoms with E-state index in [0.29, 0.717) is 23.7 Å². The van der Waals surface area contributed by atoms with Crippen molar-refractivity contribution in [3.05, 3.63) is 0 Å². The molecule has 4 aliphatic carbocycles. The molecule has 0 radical (unpaired) electrons. The van der Waals surface area contributed by atoms with E-state index in [9.17, 15) is 22.0 Å². The van der Waals surface area contributed by atoms with Crippen LogP contribution < -0.4 is 0 Å². The number of halogens is 5. The van der Waals surface area contributed by atoms with Crippen LogP contribution >= 0.6 is 0 Å². The average Bonchev–Trinajstić information content (AvgIpc) is 3.58. The summed E-state index contributed by atoms with van der Waals surface area (Å²) in [6.07, 6.45) is 1.03. The van der Waals surface area contributed by atoms with Crippen molar-refractivity contribution < 1.29 is 22.0 Å². The quantitative estimate of drug-likeness (QED) is 0.297. The summed E-state index contributed by atoms with van der Waals surface area (Å²) < 4.78 is 62.9. The van der Waals surface area contributed by atoms with Crippen LogP contribution in [0, 0.1) is 69.0 Å². The van der Waals surface area contributed by atoms with E-state index in [1.807, 2.05) is 34.6 Å². The fraction of sp³-hybridized carbons (Fsp3) is 1.00. The molecule has 0 amide bonds. The van der Waals surface area contributed by atoms with Gasteiger partial charge in [-0.15, -0.1) is 0 Å². The predicted molar refractivity (Wildman–Crippen MR) is 157 cm³/mol. The lowest BCUT2D eigenvalue weighted by molar-refractivity contribution is -0.199. The molecule has 0 aromatic carbocycles. The van der Waals surface area contributed by atoms with Crippen molar-refractivity contribution in [1.82, 2.24) is 0 Å². The van der Waals surface area contributed by atoms with Crippen molar-refractivity contribution in [2.45, 2.75) is 148 Å². The molecule has 4 rings (SSSR count). The van der Waals surface area contributed by atoms with Crippen LogP contribution in [0.5, 0.6) is 0 Å². The van der Waals surface area contributed by atoms with E-state index in [1.165, 1.54) is 19.3 Å². The van der Waals surface area contributed by atoms with E-state index in [4.69, 9.17) is 0 Å². The van der Waals surface area contributed by atoms with Gasteiger partial charge < -0.3 is 0 Å². The summed E-state index contributed by atoms with van der Waals surface area (Å²) in [6, 6.07) is 0. The number of rotatable bonds is 4. The van der Waals surface area contributed by atoms with Gasteiger partial charge in [0.05, 0.1) is 5.41 Å². The average molecular weight is 567 g/mol. The zero-order valence-corrected chi connectivity index (χ0v) is 28.0. The second-order valence-corrected chi connectivity index (χ2v) is 17.2. The highest BCUT2D eigenvalue weighted by Crippen LogP contribution is 2.65. The van der Waals surface area contributed by atoms with E-state index < -0.39 is 29.3 Å². The topological polar surface area (TPSA) is 0 Å². The van der Waals surface area contributed by atoms with Crippen LogP contribution in [0.1, 0.15) is 136 Å². The lowest BCUT2D eigenvalue weighted by atomic mass is 9.61. The Kier molecular flexibility index (Phi) is 11.4. The molecule has 3 atom stereocenters. The van der Waals surface area contributed by atoms with Gasteiger partial charge in [-0.25, -0.2) is 8.78 Å². The van der Waals surface area contributed by atoms with Crippen molar-refractivity contribution in [2.75, 3.05) is 0 Å². The van der Waals surface area contributed by atoms with Gasteiger partial charge >= 0.3 is 6.18 Å². The van der Waals surface area contributed by atoms with E-state index in [2.05, 4.69) is 55.4 Å². The minimum atomic E-state index is -3.97. The molecule has 4 aliphatic rings. The molecule has 0 aromatic heterocycles. The van der Waals surface area contributed by atoms with Gasteiger partial charge in [0.25, 0.3) is 5.92 Å². The van der Waals surface area contributed by atoms with Gasteiger partial charge in [-0.3, -0.25) is 0 Å². The molecule has 3 unspecified atom stereocenters. The lowest BCUT2D eigenvalue weighted by Gasteiger charge is -2.45. The van der Waals surface area contributed by atoms with Crippen molar-refractivity contribution in [3.63, 3.8) is 0 Å². The van der Waals surface area contributed by atoms with E-state index in [1.54, 1.807) is 13.8 Å². The van der Waals surface area contributed by atoms with Crippen LogP contribution in [-0.4, -0.2) is 12.1 Å². The standard InChI is InChI=1S/C10H18F2.C9H18.C8H16.C7H11F3/c1-6(2)7-8(9(3,4)5)10(7,11)12;1-7(2)8-5-9(3,4)6-8;1-6(2)7-5-8(7,3)4;1-5(2)6(3-4-6)7(8,9)10/h6-8H,1-5H3;7-8H,5-6H2,1-4H3;6-7H,5H2,1-4H3;5H,3-4H2,1-2H3. The van der Waals surface area contributed by atoms with Crippen LogP contribution in [-0.2, 0) is 0 Å². The summed E-state index contributed by atoms with van der Waals surface area (Å²) in [4.78, 5) is 0. The van der Waals surface area contributed by atoms with Crippen LogP contribution in [0.15, 0.2) is 0 Å². The molecular formula is C34H63F5. The van der Waals surface area contributed by atoms with Crippen LogP contribution in [0.25, 0.3) is 0 Å². The van der Waals surface area contributed by atoms with Crippen molar-refractivity contribution in [3.8, 4) is 0 Å². The van der Waals surface area contributed by atoms with Gasteiger partial charge in [0, 0.05) is 11.8 Å². The zero-order valence-electron chi connectivity index (χ0n) is 28.0. The maximum atomic E-state index is 13.2. The Labute approximate surface area is 239 Å². The van der Waals surface area contributed by atoms with Gasteiger partial charge in [0.15, 0.2) is 0 Å². The fourth-order valence-corrected chi connectivity index (χ4v) is 7.10. The van der Waals surface area contributed by atoms with Crippen molar-refractivity contribution >= 4 is 0 Å². The molecule has 0 aromatic rings. The highest BCUT2D eigenvalue weighted by Gasteiger charge is 2.72. The molecule has 4 saturated carbocycles. The molecule has 0 heterocycles. The Hall–Kier alpha value is -0.350. The summed E-state index contributed by atoms with van der Waals surface area (Å²) in [5, 5.41) is 0. The summed E-state index contributed by atoms with van der Waals surface area (Å²) in [7, 11) is 0. The first kappa shape index (κ1) is 36.7. The molecule has 0 N–H and O–H groups in total. The SMILES string of the molecule is CC(C)C1(C(F)(F)F)CC1.CC(C)C1C(C(C)(C)C)C1(F)F.CC(C)C1CC(C)(C)C1.CC(C)C1CC1(C)C. The number of hydrogen-bond acceptors (Lipinski definition) is 0. The molecule has 0 saturated heterocycles. The summed E-state index contributed by atoms with van der Waals surface area (Å²) >= 11 is 0. The Morgan fingerprint density at radius 1 is 0.667 bits per heavy atom. The first-order valence-corrected chi connectivity index (χ1v) is 15.6. The third kappa shape index (κ3) is 9.59. The van der Waals surface area contributed by atoms with E-state index in [-0.39, 0.29) is 17.3 Å². The Morgan fingerprint density at radius 2 is 1.08 bits per heavy atom. The van der Waals surface area contributed by atoms with Crippen LogP contribution in [0.2, 0.25) is 0 Å². The van der Waals surface area contributed by atoms with Gasteiger partial charge in [-0.1, -0.05) is 104 Å². The maximum Gasteiger partial charge on any atom is 0.394 e. The molecule has 4 fully saturated rings. The summed E-state index contributed by atoms with van der Waals surface area (Å²) in [5.41, 5.74) is -0.200. The highest BCUT2D eigenvalue weighted by atomic mass is 19.4. The third-order valence-electron chi connectivity index (χ3n) is 10.2. The van der Waals surface area contributed by atoms with Crippen LogP contribution in [0.4, 0.5) is 22.0 Å². The normalized spacial score (nSPS) is 29.4. The molecule has 234 valence electrons. The molecule has 39 heavy (non-hydrogen) atoms. The second kappa shape index (κ2) is 12.1. The maximum absolute atomic E-state index is 13.2. The van der Waals surface area contributed by atoms with Gasteiger partial charge in [-0.05, 0) is 83.9 Å². The zero-order chi connectivity index (χ0) is 31.2. The minimum absolute atomic E-state index is 0.101. The second-order valence-electron chi connectivity index (χ2n) is 17.2. The fourth-order valence-electron chi connectivity index (χ4n) is 7.10. The lowest BCUT2D eigenvalue weighted by Crippen LogP contribution is -2.34. The Balaban J connectivity index is 0.000000263. The summed E-state index contributed by atoms with van der Waals surface area (Å²) in [5.74, 6) is 0.497. The predicted octanol–water partition coefficient (Wildman–Crippen LogP) is 12.3. The number of hydrogen-bond donors (Lipinski definition) is 0. The van der Waals surface area contributed by atoms with Crippen LogP contribution in [0.3, 0.4) is 0 Å². The highest BCUT2D eigenvalue weighted by molar-refractivity contribution is 5.11. The van der Waals surface area contributed by atoms with Gasteiger partial charge in [-0.2, -0.15) is 13.2 Å². The first-order valence-electron chi connectivity index (χ1n) is 15.6. The minimum Gasteiger partial charge on any atom is -0.206 e. The smallest absolute Gasteiger partial charge is 0.206 e. The Bertz CT molecular complexity index is 751. The molecule has 0 aliphatic heterocycles. The molecule has 0 nitrogen and oxygen atoms in total. The summed E-state index contributed by atoms with van der Waals surface area (Å²) in [6.45, 7) is 31.5. The monoisotopic (exact) mass is 566 g/mol. The third-order valence-corrected chi connectivity index (χ3v) is 10.2. The van der Waals surface area contributed by atoms with E-state index >= 15 is 0 Å². The molecule has 5 heteroatoms.